The molecule has 1 aliphatic rings. The lowest BCUT2D eigenvalue weighted by molar-refractivity contribution is -0.156. The third-order valence-electron chi connectivity index (χ3n) is 2.97. The molecular formula is C12H19N3O3. The van der Waals surface area contributed by atoms with E-state index >= 15 is 0 Å². The van der Waals surface area contributed by atoms with Crippen molar-refractivity contribution in [2.75, 3.05) is 19.7 Å². The molecule has 1 unspecified atom stereocenters. The van der Waals surface area contributed by atoms with Gasteiger partial charge in [0.2, 0.25) is 0 Å². The third kappa shape index (κ3) is 3.30. The number of ether oxygens (including phenoxy) is 1. The van der Waals surface area contributed by atoms with Gasteiger partial charge in [-0.25, -0.2) is 4.79 Å². The van der Waals surface area contributed by atoms with Crippen molar-refractivity contribution in [2.45, 2.75) is 32.5 Å². The van der Waals surface area contributed by atoms with Gasteiger partial charge in [-0.05, 0) is 6.42 Å². The van der Waals surface area contributed by atoms with Crippen LogP contribution in [0.25, 0.3) is 0 Å². The number of hydrogen-bond acceptors (Lipinski definition) is 4. The van der Waals surface area contributed by atoms with Crippen LogP contribution in [-0.4, -0.2) is 51.6 Å². The van der Waals surface area contributed by atoms with E-state index in [9.17, 15) is 4.79 Å². The molecular weight excluding hydrogens is 234 g/mol. The van der Waals surface area contributed by atoms with Crippen molar-refractivity contribution in [3.8, 4) is 0 Å². The van der Waals surface area contributed by atoms with Gasteiger partial charge in [0, 0.05) is 37.9 Å². The first-order valence-corrected chi connectivity index (χ1v) is 6.27. The highest BCUT2D eigenvalue weighted by atomic mass is 16.5. The van der Waals surface area contributed by atoms with Gasteiger partial charge in [0.1, 0.15) is 0 Å². The Bertz CT molecular complexity index is 405. The topological polar surface area (TPSA) is 67.6 Å². The van der Waals surface area contributed by atoms with E-state index in [-0.39, 0.29) is 0 Å². The zero-order chi connectivity index (χ0) is 13.0. The van der Waals surface area contributed by atoms with Crippen LogP contribution in [-0.2, 0) is 22.6 Å². The summed E-state index contributed by atoms with van der Waals surface area (Å²) in [6.07, 6.45) is 4.22. The van der Waals surface area contributed by atoms with Crippen LogP contribution in [0.1, 0.15) is 18.9 Å². The van der Waals surface area contributed by atoms with Gasteiger partial charge in [-0.3, -0.25) is 9.58 Å². The van der Waals surface area contributed by atoms with E-state index in [1.54, 1.807) is 0 Å². The number of carboxylic acids is 1. The summed E-state index contributed by atoms with van der Waals surface area (Å²) in [5.41, 5.74) is 1.12. The van der Waals surface area contributed by atoms with Crippen LogP contribution in [0.2, 0.25) is 0 Å². The maximum Gasteiger partial charge on any atom is 0.334 e. The molecule has 100 valence electrons. The summed E-state index contributed by atoms with van der Waals surface area (Å²) in [5.74, 6) is -0.888. The zero-order valence-corrected chi connectivity index (χ0v) is 10.6. The van der Waals surface area contributed by atoms with Crippen LogP contribution in [0, 0.1) is 0 Å². The number of hydrogen-bond donors (Lipinski definition) is 1. The van der Waals surface area contributed by atoms with Gasteiger partial charge in [-0.1, -0.05) is 6.92 Å². The van der Waals surface area contributed by atoms with E-state index in [2.05, 4.69) is 16.9 Å². The predicted molar refractivity (Wildman–Crippen MR) is 65.2 cm³/mol. The van der Waals surface area contributed by atoms with Crippen molar-refractivity contribution in [3.05, 3.63) is 18.0 Å². The molecule has 2 heterocycles. The van der Waals surface area contributed by atoms with E-state index in [1.165, 1.54) is 0 Å². The monoisotopic (exact) mass is 253 g/mol. The molecule has 1 atom stereocenters. The molecule has 1 N–H and O–H groups in total. The molecule has 0 aliphatic carbocycles. The second kappa shape index (κ2) is 5.97. The highest BCUT2D eigenvalue weighted by Gasteiger charge is 2.26. The number of aryl methyl sites for hydroxylation is 1. The fourth-order valence-corrected chi connectivity index (χ4v) is 2.09. The second-order valence-electron chi connectivity index (χ2n) is 4.54. The van der Waals surface area contributed by atoms with Crippen molar-refractivity contribution in [2.24, 2.45) is 0 Å². The minimum atomic E-state index is -0.888. The van der Waals surface area contributed by atoms with Crippen LogP contribution < -0.4 is 0 Å². The number of carboxylic acid groups (broad SMARTS) is 1. The maximum absolute atomic E-state index is 10.9. The molecule has 2 rings (SSSR count). The van der Waals surface area contributed by atoms with Gasteiger partial charge in [0.05, 0.1) is 12.8 Å². The van der Waals surface area contributed by atoms with Gasteiger partial charge < -0.3 is 9.84 Å². The van der Waals surface area contributed by atoms with E-state index < -0.39 is 12.1 Å². The highest BCUT2D eigenvalue weighted by Crippen LogP contribution is 2.10. The molecule has 1 saturated heterocycles. The fraction of sp³-hybridized carbons (Fsp3) is 0.667. The van der Waals surface area contributed by atoms with E-state index in [1.807, 2.05) is 17.1 Å². The van der Waals surface area contributed by atoms with Gasteiger partial charge in [0.15, 0.2) is 6.10 Å². The summed E-state index contributed by atoms with van der Waals surface area (Å²) in [6, 6.07) is 0. The molecule has 18 heavy (non-hydrogen) atoms. The maximum atomic E-state index is 10.9. The number of rotatable bonds is 5. The summed E-state index contributed by atoms with van der Waals surface area (Å²) in [4.78, 5) is 13.0. The Kier molecular flexibility index (Phi) is 4.33. The number of nitrogens with zero attached hydrogens (tertiary/aromatic N) is 3. The molecule has 0 bridgehead atoms. The highest BCUT2D eigenvalue weighted by molar-refractivity contribution is 5.72. The quantitative estimate of drug-likeness (QED) is 0.831. The first-order chi connectivity index (χ1) is 8.69. The van der Waals surface area contributed by atoms with Crippen LogP contribution >= 0.6 is 0 Å². The van der Waals surface area contributed by atoms with Crippen LogP contribution in [0.15, 0.2) is 12.4 Å². The lowest BCUT2D eigenvalue weighted by Gasteiger charge is -2.30. The summed E-state index contributed by atoms with van der Waals surface area (Å²) < 4.78 is 7.11. The molecule has 0 amide bonds. The zero-order valence-electron chi connectivity index (χ0n) is 10.6. The largest absolute Gasteiger partial charge is 0.479 e. The Morgan fingerprint density at radius 3 is 3.22 bits per heavy atom. The molecule has 0 radical (unpaired) electrons. The summed E-state index contributed by atoms with van der Waals surface area (Å²) in [6.45, 7) is 5.44. The standard InChI is InChI=1S/C12H19N3O3/c1-2-3-15-8-10(6-13-15)7-14-4-5-18-11(9-14)12(16)17/h6,8,11H,2-5,7,9H2,1H3,(H,16,17). The van der Waals surface area contributed by atoms with Gasteiger partial charge in [0.25, 0.3) is 0 Å². The second-order valence-corrected chi connectivity index (χ2v) is 4.54. The van der Waals surface area contributed by atoms with Crippen molar-refractivity contribution >= 4 is 5.97 Å². The van der Waals surface area contributed by atoms with Crippen molar-refractivity contribution in [1.29, 1.82) is 0 Å². The minimum Gasteiger partial charge on any atom is -0.479 e. The molecule has 6 heteroatoms. The molecule has 0 spiro atoms. The molecule has 0 saturated carbocycles. The SMILES string of the molecule is CCCn1cc(CN2CCOC(C(=O)O)C2)cn1. The van der Waals surface area contributed by atoms with Gasteiger partial charge >= 0.3 is 5.97 Å². The molecule has 1 aromatic heterocycles. The predicted octanol–water partition coefficient (Wildman–Crippen LogP) is 0.578. The van der Waals surface area contributed by atoms with Crippen LogP contribution in [0.5, 0.6) is 0 Å². The molecule has 1 fully saturated rings. The van der Waals surface area contributed by atoms with Crippen molar-refractivity contribution in [3.63, 3.8) is 0 Å². The normalized spacial score (nSPS) is 21.1. The van der Waals surface area contributed by atoms with E-state index in [0.717, 1.165) is 31.6 Å². The summed E-state index contributed by atoms with van der Waals surface area (Å²) in [5, 5.41) is 13.2. The molecule has 0 aromatic carbocycles. The Morgan fingerprint density at radius 2 is 2.50 bits per heavy atom. The van der Waals surface area contributed by atoms with E-state index in [4.69, 9.17) is 9.84 Å². The number of morpholine rings is 1. The molecule has 1 aromatic rings. The average Bonchev–Trinajstić information content (AvgIpc) is 2.77. The Labute approximate surface area is 106 Å². The smallest absolute Gasteiger partial charge is 0.334 e. The first kappa shape index (κ1) is 13.0. The number of aliphatic carboxylic acids is 1. The Morgan fingerprint density at radius 1 is 1.67 bits per heavy atom. The fourth-order valence-electron chi connectivity index (χ4n) is 2.09. The average molecular weight is 253 g/mol. The Hall–Kier alpha value is -1.40. The molecule has 1 aliphatic heterocycles. The summed E-state index contributed by atoms with van der Waals surface area (Å²) in [7, 11) is 0. The summed E-state index contributed by atoms with van der Waals surface area (Å²) >= 11 is 0. The third-order valence-corrected chi connectivity index (χ3v) is 2.97. The van der Waals surface area contributed by atoms with Crippen molar-refractivity contribution < 1.29 is 14.6 Å². The molecule has 6 nitrogen and oxygen atoms in total. The van der Waals surface area contributed by atoms with Gasteiger partial charge in [-0.15, -0.1) is 0 Å². The van der Waals surface area contributed by atoms with Gasteiger partial charge in [-0.2, -0.15) is 5.10 Å². The lowest BCUT2D eigenvalue weighted by atomic mass is 10.2. The number of carbonyl (C=O) groups is 1. The lowest BCUT2D eigenvalue weighted by Crippen LogP contribution is -2.45. The Balaban J connectivity index is 1.89. The minimum absolute atomic E-state index is 0.439. The first-order valence-electron chi connectivity index (χ1n) is 6.27. The van der Waals surface area contributed by atoms with Crippen LogP contribution in [0.3, 0.4) is 0 Å². The van der Waals surface area contributed by atoms with E-state index in [0.29, 0.717) is 13.2 Å². The van der Waals surface area contributed by atoms with Crippen molar-refractivity contribution in [1.82, 2.24) is 14.7 Å². The van der Waals surface area contributed by atoms with Crippen LogP contribution in [0.4, 0.5) is 0 Å². The number of aromatic nitrogens is 2.